The summed E-state index contributed by atoms with van der Waals surface area (Å²) in [6.07, 6.45) is 1.52. The second-order valence-corrected chi connectivity index (χ2v) is 7.36. The van der Waals surface area contributed by atoms with Crippen molar-refractivity contribution in [1.29, 1.82) is 0 Å². The monoisotopic (exact) mass is 352 g/mol. The molecular formula is C16H20N2O5S. The first-order chi connectivity index (χ1) is 11.2. The van der Waals surface area contributed by atoms with Crippen LogP contribution in [0.25, 0.3) is 0 Å². The highest BCUT2D eigenvalue weighted by Crippen LogP contribution is 2.25. The highest BCUT2D eigenvalue weighted by molar-refractivity contribution is 7.89. The predicted molar refractivity (Wildman–Crippen MR) is 89.6 cm³/mol. The molecule has 130 valence electrons. The molecule has 1 heterocycles. The molecule has 1 aromatic carbocycles. The number of hydrogen-bond acceptors (Lipinski definition) is 5. The molecule has 2 aromatic rings. The molecule has 0 aliphatic carbocycles. The molecule has 0 amide bonds. The minimum atomic E-state index is -3.78. The number of aromatic carboxylic acids is 1. The van der Waals surface area contributed by atoms with Gasteiger partial charge < -0.3 is 14.8 Å². The zero-order valence-electron chi connectivity index (χ0n) is 13.7. The third kappa shape index (κ3) is 4.15. The highest BCUT2D eigenvalue weighted by Gasteiger charge is 2.22. The van der Waals surface area contributed by atoms with E-state index in [0.29, 0.717) is 23.6 Å². The standard InChI is InChI=1S/C16H20N2O5S/c1-10(2)18-24(21,22)15-8-13(16(19)20)14(7-11(15)3)17-9-12-5-4-6-23-12/h4-8,10,17-18H,9H2,1-3H3,(H,19,20). The molecule has 0 saturated heterocycles. The summed E-state index contributed by atoms with van der Waals surface area (Å²) in [4.78, 5) is 11.5. The number of hydrogen-bond donors (Lipinski definition) is 3. The Balaban J connectivity index is 2.40. The second kappa shape index (κ2) is 7.06. The summed E-state index contributed by atoms with van der Waals surface area (Å²) in [6.45, 7) is 5.32. The van der Waals surface area contributed by atoms with Crippen LogP contribution in [0.15, 0.2) is 39.8 Å². The van der Waals surface area contributed by atoms with Crippen LogP contribution in [-0.4, -0.2) is 25.5 Å². The van der Waals surface area contributed by atoms with E-state index in [1.165, 1.54) is 18.4 Å². The van der Waals surface area contributed by atoms with Crippen molar-refractivity contribution in [3.63, 3.8) is 0 Å². The van der Waals surface area contributed by atoms with Gasteiger partial charge in [0.25, 0.3) is 0 Å². The van der Waals surface area contributed by atoms with Crippen molar-refractivity contribution in [3.05, 3.63) is 47.4 Å². The first kappa shape index (κ1) is 18.0. The Kier molecular flexibility index (Phi) is 5.30. The van der Waals surface area contributed by atoms with Gasteiger partial charge in [-0.2, -0.15) is 0 Å². The maximum absolute atomic E-state index is 12.4. The van der Waals surface area contributed by atoms with Crippen molar-refractivity contribution in [2.75, 3.05) is 5.32 Å². The number of sulfonamides is 1. The Morgan fingerprint density at radius 3 is 2.58 bits per heavy atom. The number of carboxylic acids is 1. The number of nitrogens with one attached hydrogen (secondary N) is 2. The molecule has 3 N–H and O–H groups in total. The average Bonchev–Trinajstić information content (AvgIpc) is 2.96. The highest BCUT2D eigenvalue weighted by atomic mass is 32.2. The van der Waals surface area contributed by atoms with Gasteiger partial charge in [0.2, 0.25) is 10.0 Å². The van der Waals surface area contributed by atoms with E-state index in [9.17, 15) is 18.3 Å². The molecule has 1 aromatic heterocycles. The fourth-order valence-corrected chi connectivity index (χ4v) is 3.77. The van der Waals surface area contributed by atoms with Crippen LogP contribution in [0.2, 0.25) is 0 Å². The summed E-state index contributed by atoms with van der Waals surface area (Å²) in [7, 11) is -3.78. The molecule has 0 radical (unpaired) electrons. The number of furan rings is 1. The minimum Gasteiger partial charge on any atom is -0.478 e. The first-order valence-electron chi connectivity index (χ1n) is 7.37. The van der Waals surface area contributed by atoms with Gasteiger partial charge in [-0.05, 0) is 50.6 Å². The third-order valence-corrected chi connectivity index (χ3v) is 5.06. The van der Waals surface area contributed by atoms with E-state index >= 15 is 0 Å². The molecule has 0 fully saturated rings. The van der Waals surface area contributed by atoms with E-state index in [4.69, 9.17) is 4.42 Å². The van der Waals surface area contributed by atoms with E-state index in [0.717, 1.165) is 0 Å². The van der Waals surface area contributed by atoms with Crippen molar-refractivity contribution in [1.82, 2.24) is 4.72 Å². The quantitative estimate of drug-likeness (QED) is 0.707. The number of rotatable bonds is 7. The minimum absolute atomic E-state index is 0.0443. The molecule has 0 spiro atoms. The maximum atomic E-state index is 12.4. The van der Waals surface area contributed by atoms with Crippen LogP contribution in [0.5, 0.6) is 0 Å². The largest absolute Gasteiger partial charge is 0.478 e. The lowest BCUT2D eigenvalue weighted by molar-refractivity contribution is 0.0697. The van der Waals surface area contributed by atoms with Crippen LogP contribution in [0.4, 0.5) is 5.69 Å². The van der Waals surface area contributed by atoms with Crippen LogP contribution in [0.1, 0.15) is 35.5 Å². The van der Waals surface area contributed by atoms with Gasteiger partial charge in [0.15, 0.2) is 0 Å². The van der Waals surface area contributed by atoms with E-state index in [1.807, 2.05) is 0 Å². The van der Waals surface area contributed by atoms with Crippen molar-refractivity contribution in [2.45, 2.75) is 38.3 Å². The number of carboxylic acid groups (broad SMARTS) is 1. The molecule has 0 atom stereocenters. The molecule has 0 bridgehead atoms. The molecular weight excluding hydrogens is 332 g/mol. The van der Waals surface area contributed by atoms with Crippen LogP contribution >= 0.6 is 0 Å². The van der Waals surface area contributed by atoms with Crippen LogP contribution in [0.3, 0.4) is 0 Å². The third-order valence-electron chi connectivity index (χ3n) is 3.26. The van der Waals surface area contributed by atoms with Crippen molar-refractivity contribution in [2.24, 2.45) is 0 Å². The molecule has 0 aliphatic rings. The van der Waals surface area contributed by atoms with E-state index in [-0.39, 0.29) is 16.5 Å². The van der Waals surface area contributed by atoms with Gasteiger partial charge in [-0.15, -0.1) is 0 Å². The van der Waals surface area contributed by atoms with Crippen LogP contribution < -0.4 is 10.0 Å². The van der Waals surface area contributed by atoms with Gasteiger partial charge in [-0.1, -0.05) is 0 Å². The maximum Gasteiger partial charge on any atom is 0.337 e. The molecule has 8 heteroatoms. The Hall–Kier alpha value is -2.32. The van der Waals surface area contributed by atoms with Crippen molar-refractivity contribution in [3.8, 4) is 0 Å². The number of carbonyl (C=O) groups is 1. The summed E-state index contributed by atoms with van der Waals surface area (Å²) in [5.74, 6) is -0.569. The predicted octanol–water partition coefficient (Wildman–Crippen LogP) is 2.59. The lowest BCUT2D eigenvalue weighted by atomic mass is 10.1. The molecule has 0 saturated carbocycles. The van der Waals surface area contributed by atoms with Gasteiger partial charge in [-0.25, -0.2) is 17.9 Å². The molecule has 2 rings (SSSR count). The van der Waals surface area contributed by atoms with Gasteiger partial charge in [0.1, 0.15) is 5.76 Å². The SMILES string of the molecule is Cc1cc(NCc2ccco2)c(C(=O)O)cc1S(=O)(=O)NC(C)C. The van der Waals surface area contributed by atoms with Gasteiger partial charge in [0.05, 0.1) is 23.3 Å². The van der Waals surface area contributed by atoms with Crippen LogP contribution in [-0.2, 0) is 16.6 Å². The van der Waals surface area contributed by atoms with Gasteiger partial charge in [-0.3, -0.25) is 0 Å². The number of anilines is 1. The molecule has 7 nitrogen and oxygen atoms in total. The summed E-state index contributed by atoms with van der Waals surface area (Å²) in [5, 5.41) is 12.4. The molecule has 0 aliphatic heterocycles. The summed E-state index contributed by atoms with van der Waals surface area (Å²) < 4.78 is 32.4. The van der Waals surface area contributed by atoms with Crippen molar-refractivity contribution < 1.29 is 22.7 Å². The lowest BCUT2D eigenvalue weighted by Crippen LogP contribution is -2.31. The Labute approximate surface area is 140 Å². The molecule has 0 unspecified atom stereocenters. The fourth-order valence-electron chi connectivity index (χ4n) is 2.27. The van der Waals surface area contributed by atoms with E-state index < -0.39 is 16.0 Å². The van der Waals surface area contributed by atoms with E-state index in [2.05, 4.69) is 10.0 Å². The lowest BCUT2D eigenvalue weighted by Gasteiger charge is -2.15. The topological polar surface area (TPSA) is 109 Å². The Morgan fingerprint density at radius 1 is 1.33 bits per heavy atom. The smallest absolute Gasteiger partial charge is 0.337 e. The van der Waals surface area contributed by atoms with Crippen molar-refractivity contribution >= 4 is 21.7 Å². The summed E-state index contributed by atoms with van der Waals surface area (Å²) in [6, 6.07) is 5.88. The fraction of sp³-hybridized carbons (Fsp3) is 0.312. The van der Waals surface area contributed by atoms with E-state index in [1.54, 1.807) is 32.9 Å². The Morgan fingerprint density at radius 2 is 2.04 bits per heavy atom. The first-order valence-corrected chi connectivity index (χ1v) is 8.85. The average molecular weight is 352 g/mol. The normalized spacial score (nSPS) is 11.7. The Bertz CT molecular complexity index is 826. The molecule has 24 heavy (non-hydrogen) atoms. The zero-order chi connectivity index (χ0) is 17.9. The van der Waals surface area contributed by atoms with Gasteiger partial charge >= 0.3 is 5.97 Å². The summed E-state index contributed by atoms with van der Waals surface area (Å²) >= 11 is 0. The number of aryl methyl sites for hydroxylation is 1. The van der Waals surface area contributed by atoms with Crippen LogP contribution in [0, 0.1) is 6.92 Å². The van der Waals surface area contributed by atoms with Gasteiger partial charge in [0, 0.05) is 11.7 Å². The summed E-state index contributed by atoms with van der Waals surface area (Å²) in [5.41, 5.74) is 0.672. The number of benzene rings is 1. The second-order valence-electron chi connectivity index (χ2n) is 5.68. The zero-order valence-corrected chi connectivity index (χ0v) is 14.5.